The van der Waals surface area contributed by atoms with Gasteiger partial charge in [-0.25, -0.2) is 0 Å². The first kappa shape index (κ1) is 76.5. The van der Waals surface area contributed by atoms with Crippen LogP contribution in [-0.4, -0.2) is 100 Å². The Bertz CT molecular complexity index is 1290. The van der Waals surface area contributed by atoms with Crippen LogP contribution in [-0.2, 0) is 28.6 Å². The lowest BCUT2D eigenvalue weighted by atomic mass is 10.1. The summed E-state index contributed by atoms with van der Waals surface area (Å²) in [7, 11) is 2.15. The summed E-state index contributed by atoms with van der Waals surface area (Å²) in [4.78, 5) is 42.5. The quantitative estimate of drug-likeness (QED) is 0.0276. The summed E-state index contributed by atoms with van der Waals surface area (Å²) in [6, 6.07) is 0. The average Bonchev–Trinajstić information content (AvgIpc) is 3.44. The van der Waals surface area contributed by atoms with Gasteiger partial charge in [0, 0.05) is 19.6 Å². The zero-order chi connectivity index (χ0) is 57.3. The number of rotatable bonds is 65. The number of carbonyl (C=O) groups excluding carboxylic acids is 3. The van der Waals surface area contributed by atoms with Crippen molar-refractivity contribution in [3.05, 3.63) is 36.5 Å². The number of nitrogens with zero attached hydrogens (tertiary/aromatic N) is 2. The summed E-state index contributed by atoms with van der Waals surface area (Å²) in [5, 5.41) is 3.42. The molecule has 1 N–H and O–H groups in total. The van der Waals surface area contributed by atoms with Crippen molar-refractivity contribution in [1.29, 1.82) is 0 Å². The number of unbranched alkanes of at least 4 members (excludes halogenated alkanes) is 36. The predicted octanol–water partition coefficient (Wildman–Crippen LogP) is 19.5. The monoisotopic (exact) mass is 1110 g/mol. The van der Waals surface area contributed by atoms with Crippen molar-refractivity contribution < 1.29 is 28.6 Å². The number of esters is 3. The van der Waals surface area contributed by atoms with Crippen LogP contribution in [0.25, 0.3) is 0 Å². The van der Waals surface area contributed by atoms with Gasteiger partial charge in [0.2, 0.25) is 0 Å². The molecule has 0 aromatic carbocycles. The Hall–Kier alpha value is -2.49. The van der Waals surface area contributed by atoms with Gasteiger partial charge in [-0.2, -0.15) is 0 Å². The molecule has 0 aromatic rings. The summed E-state index contributed by atoms with van der Waals surface area (Å²) in [5.41, 5.74) is 0. The lowest BCUT2D eigenvalue weighted by Gasteiger charge is -2.23. The molecule has 0 spiro atoms. The summed E-state index contributed by atoms with van der Waals surface area (Å²) in [6.45, 7) is 13.7. The van der Waals surface area contributed by atoms with E-state index >= 15 is 0 Å². The molecule has 0 amide bonds. The van der Waals surface area contributed by atoms with Crippen molar-refractivity contribution >= 4 is 17.9 Å². The molecule has 0 aromatic heterocycles. The van der Waals surface area contributed by atoms with Crippen LogP contribution < -0.4 is 5.32 Å². The van der Waals surface area contributed by atoms with Gasteiger partial charge in [-0.1, -0.05) is 231 Å². The third kappa shape index (κ3) is 64.5. The highest BCUT2D eigenvalue weighted by molar-refractivity contribution is 5.70. The van der Waals surface area contributed by atoms with E-state index < -0.39 is 0 Å². The zero-order valence-electron chi connectivity index (χ0n) is 53.1. The average molecular weight is 1110 g/mol. The third-order valence-electron chi connectivity index (χ3n) is 15.4. The van der Waals surface area contributed by atoms with E-state index in [1.54, 1.807) is 0 Å². The maximum absolute atomic E-state index is 12.8. The highest BCUT2D eigenvalue weighted by Gasteiger charge is 2.13. The molecule has 0 aliphatic heterocycles. The van der Waals surface area contributed by atoms with Gasteiger partial charge in [-0.15, -0.1) is 0 Å². The van der Waals surface area contributed by atoms with Crippen LogP contribution in [0.15, 0.2) is 36.5 Å². The van der Waals surface area contributed by atoms with Gasteiger partial charge in [0.05, 0.1) is 39.1 Å². The molecule has 0 fully saturated rings. The molecule has 9 nitrogen and oxygen atoms in total. The first-order valence-corrected chi connectivity index (χ1v) is 34.5. The van der Waals surface area contributed by atoms with E-state index in [9.17, 15) is 14.4 Å². The molecule has 79 heavy (non-hydrogen) atoms. The van der Waals surface area contributed by atoms with E-state index in [0.717, 1.165) is 77.5 Å². The van der Waals surface area contributed by atoms with Crippen LogP contribution in [0.2, 0.25) is 0 Å². The second-order valence-corrected chi connectivity index (χ2v) is 23.3. The summed E-state index contributed by atoms with van der Waals surface area (Å²) in [6.07, 6.45) is 70.3. The molecule has 0 aliphatic carbocycles. The van der Waals surface area contributed by atoms with Gasteiger partial charge >= 0.3 is 17.9 Å². The van der Waals surface area contributed by atoms with Crippen LogP contribution in [0.3, 0.4) is 0 Å². The smallest absolute Gasteiger partial charge is 0.307 e. The molecule has 0 radical (unpaired) electrons. The third-order valence-corrected chi connectivity index (χ3v) is 15.4. The van der Waals surface area contributed by atoms with Crippen molar-refractivity contribution in [1.82, 2.24) is 15.1 Å². The number of hydrogen-bond donors (Lipinski definition) is 1. The highest BCUT2D eigenvalue weighted by atomic mass is 16.5. The van der Waals surface area contributed by atoms with Crippen molar-refractivity contribution in [3.8, 4) is 0 Å². The van der Waals surface area contributed by atoms with Crippen LogP contribution >= 0.6 is 0 Å². The Morgan fingerprint density at radius 1 is 0.304 bits per heavy atom. The van der Waals surface area contributed by atoms with Gasteiger partial charge < -0.3 is 29.3 Å². The minimum Gasteiger partial charge on any atom is -0.466 e. The molecule has 0 saturated carbocycles. The fourth-order valence-corrected chi connectivity index (χ4v) is 10.1. The Kier molecular flexibility index (Phi) is 64.2. The molecule has 0 rings (SSSR count). The topological polar surface area (TPSA) is 97.4 Å². The number of nitrogens with one attached hydrogen (secondary N) is 1. The maximum atomic E-state index is 12.8. The second-order valence-electron chi connectivity index (χ2n) is 23.3. The molecule has 0 bridgehead atoms. The molecular weight excluding hydrogens is 979 g/mol. The Morgan fingerprint density at radius 3 is 0.911 bits per heavy atom. The lowest BCUT2D eigenvalue weighted by molar-refractivity contribution is -0.145. The van der Waals surface area contributed by atoms with Gasteiger partial charge in [-0.05, 0) is 142 Å². The van der Waals surface area contributed by atoms with Gasteiger partial charge in [0.25, 0.3) is 0 Å². The van der Waals surface area contributed by atoms with Crippen LogP contribution in [0.5, 0.6) is 0 Å². The molecule has 0 saturated heterocycles. The lowest BCUT2D eigenvalue weighted by Crippen LogP contribution is -2.33. The number of hydrogen-bond acceptors (Lipinski definition) is 9. The zero-order valence-corrected chi connectivity index (χ0v) is 53.1. The fraction of sp³-hybridized carbons (Fsp3) is 0.871. The molecule has 464 valence electrons. The van der Waals surface area contributed by atoms with Crippen LogP contribution in [0, 0.1) is 0 Å². The molecular formula is C70H133N3O6. The molecule has 0 heterocycles. The Balaban J connectivity index is 4.34. The van der Waals surface area contributed by atoms with Crippen LogP contribution in [0.1, 0.15) is 323 Å². The van der Waals surface area contributed by atoms with Crippen molar-refractivity contribution in [2.75, 3.05) is 72.7 Å². The minimum atomic E-state index is -0.146. The SMILES string of the molecule is CCCCCCCC/C=C\CCCCCCCCOC(=O)CCNCCCN(C)CCCN(CCC(=O)OCCCCCCCC/C=C\CCCCCCCC)CCC(=O)OCCCCCCCC/C=C\CCCCCCCC. The van der Waals surface area contributed by atoms with Crippen molar-refractivity contribution in [2.45, 2.75) is 323 Å². The van der Waals surface area contributed by atoms with Crippen LogP contribution in [0.4, 0.5) is 0 Å². The van der Waals surface area contributed by atoms with E-state index in [4.69, 9.17) is 14.2 Å². The van der Waals surface area contributed by atoms with E-state index in [2.05, 4.69) is 79.4 Å². The van der Waals surface area contributed by atoms with E-state index in [-0.39, 0.29) is 17.9 Å². The normalized spacial score (nSPS) is 11.9. The number of carbonyl (C=O) groups is 3. The number of allylic oxidation sites excluding steroid dienone is 6. The Labute approximate surface area is 491 Å². The van der Waals surface area contributed by atoms with Gasteiger partial charge in [0.1, 0.15) is 0 Å². The number of ether oxygens (including phenoxy) is 3. The minimum absolute atomic E-state index is 0.106. The predicted molar refractivity (Wildman–Crippen MR) is 341 cm³/mol. The summed E-state index contributed by atoms with van der Waals surface area (Å²) < 4.78 is 16.8. The standard InChI is InChI=1S/C70H133N3O6/c1-5-8-11-14-17-20-23-26-29-32-35-38-41-44-47-50-65-77-68(74)55-59-71-58-53-60-72(4)61-54-62-73(63-56-69(75)78-66-51-48-45-42-39-36-33-30-27-24-21-18-15-12-9-6-2)64-57-70(76)79-67-52-49-46-43-40-37-34-31-28-25-22-19-16-13-10-7-3/h26-31,71H,5-25,32-67H2,1-4H3/b29-26-,30-27-,31-28-. The Morgan fingerprint density at radius 2 is 0.582 bits per heavy atom. The summed E-state index contributed by atoms with van der Waals surface area (Å²) in [5.74, 6) is -0.398. The van der Waals surface area contributed by atoms with Crippen molar-refractivity contribution in [2.24, 2.45) is 0 Å². The van der Waals surface area contributed by atoms with Crippen molar-refractivity contribution in [3.63, 3.8) is 0 Å². The second kappa shape index (κ2) is 66.3. The van der Waals surface area contributed by atoms with E-state index in [1.807, 2.05) is 0 Å². The molecule has 0 unspecified atom stereocenters. The van der Waals surface area contributed by atoms with Gasteiger partial charge in [0.15, 0.2) is 0 Å². The fourth-order valence-electron chi connectivity index (χ4n) is 10.1. The first-order valence-electron chi connectivity index (χ1n) is 34.5. The maximum Gasteiger partial charge on any atom is 0.307 e. The highest BCUT2D eigenvalue weighted by Crippen LogP contribution is 2.14. The molecule has 0 aliphatic rings. The molecule has 9 heteroatoms. The van der Waals surface area contributed by atoms with E-state index in [0.29, 0.717) is 58.7 Å². The van der Waals surface area contributed by atoms with E-state index in [1.165, 1.54) is 231 Å². The molecule has 0 atom stereocenters. The first-order chi connectivity index (χ1) is 38.9. The largest absolute Gasteiger partial charge is 0.466 e. The summed E-state index contributed by atoms with van der Waals surface area (Å²) >= 11 is 0. The van der Waals surface area contributed by atoms with Gasteiger partial charge in [-0.3, -0.25) is 14.4 Å².